The molecule has 0 saturated carbocycles. The molecule has 0 aliphatic heterocycles. The number of anilines is 1. The van der Waals surface area contributed by atoms with Gasteiger partial charge in [-0.2, -0.15) is 18.3 Å². The molecule has 0 aliphatic rings. The molecule has 19 heavy (non-hydrogen) atoms. The smallest absolute Gasteiger partial charge is 0.386 e. The van der Waals surface area contributed by atoms with E-state index in [0.29, 0.717) is 11.8 Å². The third kappa shape index (κ3) is 3.04. The Balaban J connectivity index is 2.34. The molecular formula is C12H11F4N3. The number of alkyl halides is 3. The number of benzene rings is 1. The lowest BCUT2D eigenvalue weighted by Crippen LogP contribution is -2.12. The van der Waals surface area contributed by atoms with E-state index in [1.165, 1.54) is 10.9 Å². The van der Waals surface area contributed by atoms with Gasteiger partial charge in [0, 0.05) is 13.2 Å². The van der Waals surface area contributed by atoms with Gasteiger partial charge in [0.25, 0.3) is 0 Å². The normalized spacial score (nSPS) is 11.6. The molecule has 102 valence electrons. The van der Waals surface area contributed by atoms with Crippen molar-refractivity contribution in [2.45, 2.75) is 12.7 Å². The summed E-state index contributed by atoms with van der Waals surface area (Å²) in [6, 6.07) is 2.63. The summed E-state index contributed by atoms with van der Waals surface area (Å²) in [7, 11) is 1.68. The van der Waals surface area contributed by atoms with Crippen molar-refractivity contribution in [3.8, 4) is 0 Å². The van der Waals surface area contributed by atoms with Crippen molar-refractivity contribution in [3.63, 3.8) is 0 Å². The van der Waals surface area contributed by atoms with Crippen molar-refractivity contribution < 1.29 is 17.6 Å². The van der Waals surface area contributed by atoms with Crippen molar-refractivity contribution in [1.82, 2.24) is 9.78 Å². The highest BCUT2D eigenvalue weighted by Gasteiger charge is 2.33. The summed E-state index contributed by atoms with van der Waals surface area (Å²) in [6.45, 7) is -0.0726. The van der Waals surface area contributed by atoms with E-state index in [0.717, 1.165) is 12.1 Å². The van der Waals surface area contributed by atoms with Crippen LogP contribution in [0.25, 0.3) is 0 Å². The van der Waals surface area contributed by atoms with E-state index in [9.17, 15) is 17.6 Å². The van der Waals surface area contributed by atoms with Gasteiger partial charge < -0.3 is 5.32 Å². The number of halogens is 4. The molecule has 0 fully saturated rings. The van der Waals surface area contributed by atoms with Gasteiger partial charge in [0.2, 0.25) is 0 Å². The summed E-state index contributed by atoms with van der Waals surface area (Å²) in [5, 5.41) is 6.74. The first-order valence-electron chi connectivity index (χ1n) is 5.46. The molecule has 1 heterocycles. The van der Waals surface area contributed by atoms with Crippen molar-refractivity contribution in [2.24, 2.45) is 0 Å². The minimum absolute atomic E-state index is 0.0281. The first-order valence-corrected chi connectivity index (χ1v) is 5.46. The standard InChI is InChI=1S/C12H11F4N3/c1-17-10-5-18-19(7-10)6-8-2-3-9(13)4-11(8)12(14,15)16/h2-5,7,17H,6H2,1H3. The van der Waals surface area contributed by atoms with Crippen molar-refractivity contribution in [2.75, 3.05) is 12.4 Å². The van der Waals surface area contributed by atoms with Crippen LogP contribution in [0.4, 0.5) is 23.2 Å². The lowest BCUT2D eigenvalue weighted by atomic mass is 10.1. The highest BCUT2D eigenvalue weighted by molar-refractivity contribution is 5.37. The average molecular weight is 273 g/mol. The van der Waals surface area contributed by atoms with Crippen molar-refractivity contribution in [1.29, 1.82) is 0 Å². The molecule has 7 heteroatoms. The van der Waals surface area contributed by atoms with E-state index in [1.54, 1.807) is 13.2 Å². The Labute approximate surface area is 106 Å². The summed E-state index contributed by atoms with van der Waals surface area (Å²) in [5.41, 5.74) is -0.315. The van der Waals surface area contributed by atoms with Gasteiger partial charge >= 0.3 is 6.18 Å². The monoisotopic (exact) mass is 273 g/mol. The highest BCUT2D eigenvalue weighted by Crippen LogP contribution is 2.32. The van der Waals surface area contributed by atoms with Gasteiger partial charge in [0.15, 0.2) is 0 Å². The Morgan fingerprint density at radius 3 is 2.63 bits per heavy atom. The lowest BCUT2D eigenvalue weighted by molar-refractivity contribution is -0.138. The number of hydrogen-bond donors (Lipinski definition) is 1. The maximum Gasteiger partial charge on any atom is 0.416 e. The zero-order chi connectivity index (χ0) is 14.0. The molecule has 2 rings (SSSR count). The quantitative estimate of drug-likeness (QED) is 0.871. The first-order chi connectivity index (χ1) is 8.90. The molecule has 0 spiro atoms. The molecule has 1 aromatic carbocycles. The minimum atomic E-state index is -4.59. The molecule has 0 amide bonds. The number of rotatable bonds is 3. The average Bonchev–Trinajstić information content (AvgIpc) is 2.78. The zero-order valence-corrected chi connectivity index (χ0v) is 10.0. The summed E-state index contributed by atoms with van der Waals surface area (Å²) in [4.78, 5) is 0. The predicted molar refractivity (Wildman–Crippen MR) is 62.3 cm³/mol. The molecule has 1 N–H and O–H groups in total. The number of nitrogens with zero attached hydrogens (tertiary/aromatic N) is 2. The fourth-order valence-corrected chi connectivity index (χ4v) is 1.70. The van der Waals surface area contributed by atoms with E-state index in [1.807, 2.05) is 0 Å². The zero-order valence-electron chi connectivity index (χ0n) is 10.0. The fraction of sp³-hybridized carbons (Fsp3) is 0.250. The van der Waals surface area contributed by atoms with E-state index in [2.05, 4.69) is 10.4 Å². The number of aromatic nitrogens is 2. The van der Waals surface area contributed by atoms with E-state index >= 15 is 0 Å². The van der Waals surface area contributed by atoms with Crippen LogP contribution in [0.2, 0.25) is 0 Å². The van der Waals surface area contributed by atoms with Gasteiger partial charge in [-0.25, -0.2) is 4.39 Å². The second-order valence-electron chi connectivity index (χ2n) is 3.98. The van der Waals surface area contributed by atoms with Crippen LogP contribution in [0.15, 0.2) is 30.6 Å². The van der Waals surface area contributed by atoms with Crippen LogP contribution in [-0.2, 0) is 12.7 Å². The van der Waals surface area contributed by atoms with E-state index < -0.39 is 17.6 Å². The van der Waals surface area contributed by atoms with Crippen LogP contribution < -0.4 is 5.32 Å². The summed E-state index contributed by atoms with van der Waals surface area (Å²) < 4.78 is 52.7. The SMILES string of the molecule is CNc1cnn(Cc2ccc(F)cc2C(F)(F)F)c1. The van der Waals surface area contributed by atoms with E-state index in [4.69, 9.17) is 0 Å². The summed E-state index contributed by atoms with van der Waals surface area (Å²) in [6.07, 6.45) is -1.52. The summed E-state index contributed by atoms with van der Waals surface area (Å²) >= 11 is 0. The number of nitrogens with one attached hydrogen (secondary N) is 1. The Hall–Kier alpha value is -2.05. The lowest BCUT2D eigenvalue weighted by Gasteiger charge is -2.12. The summed E-state index contributed by atoms with van der Waals surface area (Å²) in [5.74, 6) is -0.910. The molecule has 0 saturated heterocycles. The van der Waals surface area contributed by atoms with Crippen LogP contribution >= 0.6 is 0 Å². The largest absolute Gasteiger partial charge is 0.416 e. The maximum absolute atomic E-state index is 12.9. The van der Waals surface area contributed by atoms with Crippen LogP contribution in [0.1, 0.15) is 11.1 Å². The topological polar surface area (TPSA) is 29.9 Å². The Kier molecular flexibility index (Phi) is 3.46. The second kappa shape index (κ2) is 4.91. The van der Waals surface area contributed by atoms with Crippen molar-refractivity contribution >= 4 is 5.69 Å². The van der Waals surface area contributed by atoms with Gasteiger partial charge in [-0.15, -0.1) is 0 Å². The van der Waals surface area contributed by atoms with Gasteiger partial charge in [0.1, 0.15) is 5.82 Å². The van der Waals surface area contributed by atoms with Crippen LogP contribution in [0.5, 0.6) is 0 Å². The molecule has 0 aliphatic carbocycles. The molecule has 0 unspecified atom stereocenters. The van der Waals surface area contributed by atoms with Gasteiger partial charge in [-0.3, -0.25) is 4.68 Å². The third-order valence-electron chi connectivity index (χ3n) is 2.63. The fourth-order valence-electron chi connectivity index (χ4n) is 1.70. The first kappa shape index (κ1) is 13.4. The second-order valence-corrected chi connectivity index (χ2v) is 3.98. The predicted octanol–water partition coefficient (Wildman–Crippen LogP) is 3.13. The van der Waals surface area contributed by atoms with Crippen LogP contribution in [0, 0.1) is 5.82 Å². The van der Waals surface area contributed by atoms with Crippen molar-refractivity contribution in [3.05, 3.63) is 47.5 Å². The number of hydrogen-bond acceptors (Lipinski definition) is 2. The van der Waals surface area contributed by atoms with Gasteiger partial charge in [-0.1, -0.05) is 6.07 Å². The Morgan fingerprint density at radius 1 is 1.32 bits per heavy atom. The Bertz CT molecular complexity index is 575. The maximum atomic E-state index is 12.9. The molecule has 1 aromatic heterocycles. The Morgan fingerprint density at radius 2 is 2.05 bits per heavy atom. The molecule has 0 bridgehead atoms. The molecule has 0 atom stereocenters. The molecular weight excluding hydrogens is 262 g/mol. The van der Waals surface area contributed by atoms with Gasteiger partial charge in [-0.05, 0) is 17.7 Å². The minimum Gasteiger partial charge on any atom is -0.386 e. The van der Waals surface area contributed by atoms with Crippen LogP contribution in [0.3, 0.4) is 0 Å². The molecule has 3 nitrogen and oxygen atoms in total. The van der Waals surface area contributed by atoms with Gasteiger partial charge in [0.05, 0.1) is 24.0 Å². The highest BCUT2D eigenvalue weighted by atomic mass is 19.4. The van der Waals surface area contributed by atoms with E-state index in [-0.39, 0.29) is 12.1 Å². The third-order valence-corrected chi connectivity index (χ3v) is 2.63. The van der Waals surface area contributed by atoms with Crippen LogP contribution in [-0.4, -0.2) is 16.8 Å². The molecule has 0 radical (unpaired) electrons. The molecule has 2 aromatic rings.